The molecule has 1 N–H and O–H groups in total. The summed E-state index contributed by atoms with van der Waals surface area (Å²) in [6.07, 6.45) is 7.26. The largest absolute Gasteiger partial charge is 0.468 e. The van der Waals surface area contributed by atoms with Gasteiger partial charge in [-0.1, -0.05) is 11.6 Å². The molecule has 9 heteroatoms. The second-order valence-electron chi connectivity index (χ2n) is 7.81. The van der Waals surface area contributed by atoms with Crippen molar-refractivity contribution >= 4 is 29.9 Å². The van der Waals surface area contributed by atoms with E-state index in [4.69, 9.17) is 8.94 Å². The van der Waals surface area contributed by atoms with Crippen LogP contribution in [0.1, 0.15) is 36.8 Å². The maximum atomic E-state index is 5.77. The van der Waals surface area contributed by atoms with Gasteiger partial charge in [0.2, 0.25) is 0 Å². The number of halogens is 1. The van der Waals surface area contributed by atoms with E-state index in [1.165, 1.54) is 19.3 Å². The van der Waals surface area contributed by atoms with Crippen LogP contribution in [0.15, 0.2) is 44.7 Å². The number of likely N-dealkylation sites (tertiary alicyclic amines) is 1. The minimum atomic E-state index is 0. The van der Waals surface area contributed by atoms with E-state index in [2.05, 4.69) is 36.2 Å². The zero-order chi connectivity index (χ0) is 19.9. The van der Waals surface area contributed by atoms with Crippen LogP contribution in [0.3, 0.4) is 0 Å². The molecule has 166 valence electrons. The van der Waals surface area contributed by atoms with Gasteiger partial charge >= 0.3 is 0 Å². The predicted octanol–water partition coefficient (Wildman–Crippen LogP) is 2.81. The quantitative estimate of drug-likeness (QED) is 0.351. The molecule has 0 amide bonds. The van der Waals surface area contributed by atoms with Crippen LogP contribution in [0.4, 0.5) is 0 Å². The molecule has 2 aromatic heterocycles. The van der Waals surface area contributed by atoms with E-state index in [-0.39, 0.29) is 30.0 Å². The molecule has 2 aliphatic heterocycles. The van der Waals surface area contributed by atoms with Gasteiger partial charge in [-0.15, -0.1) is 24.0 Å². The number of aromatic nitrogens is 1. The first-order chi connectivity index (χ1) is 14.3. The van der Waals surface area contributed by atoms with E-state index >= 15 is 0 Å². The van der Waals surface area contributed by atoms with Crippen molar-refractivity contribution in [1.82, 2.24) is 25.2 Å². The van der Waals surface area contributed by atoms with Crippen molar-refractivity contribution in [2.45, 2.75) is 31.8 Å². The lowest BCUT2D eigenvalue weighted by atomic mass is 10.1. The lowest BCUT2D eigenvalue weighted by Crippen LogP contribution is -2.53. The summed E-state index contributed by atoms with van der Waals surface area (Å²) in [6, 6.07) is 6.25. The molecule has 2 fully saturated rings. The highest BCUT2D eigenvalue weighted by Crippen LogP contribution is 2.24. The average Bonchev–Trinajstić information content (AvgIpc) is 3.47. The molecule has 0 spiro atoms. The second kappa shape index (κ2) is 11.7. The molecule has 2 aliphatic rings. The van der Waals surface area contributed by atoms with Gasteiger partial charge in [0, 0.05) is 52.4 Å². The standard InChI is InChI=1S/C21H32N6O2.HI/c1-22-21(27-12-10-25(11-13-27)17-18-7-15-29-24-18)23-16-19(20-6-5-14-28-20)26-8-3-2-4-9-26;/h5-7,14-15,19H,2-4,8-13,16-17H2,1H3,(H,22,23);1H. The molecule has 1 unspecified atom stereocenters. The zero-order valence-corrected chi connectivity index (χ0v) is 20.0. The maximum Gasteiger partial charge on any atom is 0.193 e. The molecule has 2 saturated heterocycles. The number of guanidine groups is 1. The second-order valence-corrected chi connectivity index (χ2v) is 7.81. The first-order valence-corrected chi connectivity index (χ1v) is 10.7. The number of hydrogen-bond acceptors (Lipinski definition) is 6. The Bertz CT molecular complexity index is 738. The molecule has 8 nitrogen and oxygen atoms in total. The summed E-state index contributed by atoms with van der Waals surface area (Å²) in [4.78, 5) is 11.8. The Morgan fingerprint density at radius 2 is 1.90 bits per heavy atom. The highest BCUT2D eigenvalue weighted by Gasteiger charge is 2.26. The van der Waals surface area contributed by atoms with Crippen LogP contribution in [0.25, 0.3) is 0 Å². The van der Waals surface area contributed by atoms with Crippen LogP contribution in [-0.2, 0) is 6.54 Å². The molecule has 0 aromatic carbocycles. The van der Waals surface area contributed by atoms with E-state index < -0.39 is 0 Å². The van der Waals surface area contributed by atoms with E-state index in [1.807, 2.05) is 19.2 Å². The maximum absolute atomic E-state index is 5.77. The Balaban J connectivity index is 0.00000256. The molecule has 1 atom stereocenters. The highest BCUT2D eigenvalue weighted by molar-refractivity contribution is 14.0. The third-order valence-corrected chi connectivity index (χ3v) is 5.92. The molecule has 4 heterocycles. The Kier molecular flexibility index (Phi) is 9.01. The predicted molar refractivity (Wildman–Crippen MR) is 127 cm³/mol. The fourth-order valence-corrected chi connectivity index (χ4v) is 4.31. The van der Waals surface area contributed by atoms with Gasteiger partial charge in [0.1, 0.15) is 12.0 Å². The monoisotopic (exact) mass is 528 g/mol. The Labute approximate surface area is 195 Å². The average molecular weight is 528 g/mol. The van der Waals surface area contributed by atoms with Gasteiger partial charge < -0.3 is 19.2 Å². The van der Waals surface area contributed by atoms with Gasteiger partial charge in [0.15, 0.2) is 5.96 Å². The molecule has 4 rings (SSSR count). The molecule has 30 heavy (non-hydrogen) atoms. The van der Waals surface area contributed by atoms with Crippen molar-refractivity contribution in [1.29, 1.82) is 0 Å². The molecule has 0 radical (unpaired) electrons. The Morgan fingerprint density at radius 3 is 2.53 bits per heavy atom. The first-order valence-electron chi connectivity index (χ1n) is 10.7. The van der Waals surface area contributed by atoms with Crippen LogP contribution >= 0.6 is 24.0 Å². The van der Waals surface area contributed by atoms with Crippen molar-refractivity contribution < 1.29 is 8.94 Å². The van der Waals surface area contributed by atoms with Crippen LogP contribution in [0, 0.1) is 0 Å². The van der Waals surface area contributed by atoms with Crippen molar-refractivity contribution in [2.75, 3.05) is 52.9 Å². The summed E-state index contributed by atoms with van der Waals surface area (Å²) in [5.41, 5.74) is 0.990. The van der Waals surface area contributed by atoms with Crippen molar-refractivity contribution in [2.24, 2.45) is 4.99 Å². The third-order valence-electron chi connectivity index (χ3n) is 5.92. The minimum Gasteiger partial charge on any atom is -0.468 e. The normalized spacial score (nSPS) is 20.0. The number of rotatable bonds is 6. The summed E-state index contributed by atoms with van der Waals surface area (Å²) in [5.74, 6) is 2.01. The van der Waals surface area contributed by atoms with E-state index in [1.54, 1.807) is 12.5 Å². The van der Waals surface area contributed by atoms with Gasteiger partial charge in [-0.3, -0.25) is 14.8 Å². The number of furan rings is 1. The summed E-state index contributed by atoms with van der Waals surface area (Å²) >= 11 is 0. The van der Waals surface area contributed by atoms with Gasteiger partial charge in [-0.05, 0) is 38.1 Å². The van der Waals surface area contributed by atoms with Crippen molar-refractivity contribution in [3.8, 4) is 0 Å². The van der Waals surface area contributed by atoms with E-state index in [0.29, 0.717) is 0 Å². The topological polar surface area (TPSA) is 73.3 Å². The number of piperidine rings is 1. The van der Waals surface area contributed by atoms with Crippen LogP contribution < -0.4 is 5.32 Å². The van der Waals surface area contributed by atoms with Crippen LogP contribution in [0.2, 0.25) is 0 Å². The fraction of sp³-hybridized carbons (Fsp3) is 0.619. The lowest BCUT2D eigenvalue weighted by Gasteiger charge is -2.37. The number of piperazine rings is 1. The summed E-state index contributed by atoms with van der Waals surface area (Å²) in [5, 5.41) is 7.63. The number of nitrogens with zero attached hydrogens (tertiary/aromatic N) is 5. The Hall–Kier alpha value is -1.59. The molecule has 0 saturated carbocycles. The molecule has 2 aromatic rings. The van der Waals surface area contributed by atoms with E-state index in [0.717, 1.165) is 69.8 Å². The van der Waals surface area contributed by atoms with Crippen molar-refractivity contribution in [3.05, 3.63) is 42.2 Å². The van der Waals surface area contributed by atoms with Crippen LogP contribution in [0.5, 0.6) is 0 Å². The number of aliphatic imine (C=N–C) groups is 1. The van der Waals surface area contributed by atoms with Gasteiger partial charge in [0.05, 0.1) is 18.0 Å². The SMILES string of the molecule is CN=C(NCC(c1ccco1)N1CCCCC1)N1CCN(Cc2ccon2)CC1.I. The zero-order valence-electron chi connectivity index (χ0n) is 17.7. The summed E-state index contributed by atoms with van der Waals surface area (Å²) in [7, 11) is 1.87. The fourth-order valence-electron chi connectivity index (χ4n) is 4.31. The molecule has 0 bridgehead atoms. The first kappa shape index (κ1) is 23.1. The van der Waals surface area contributed by atoms with Crippen molar-refractivity contribution in [3.63, 3.8) is 0 Å². The highest BCUT2D eigenvalue weighted by atomic mass is 127. The number of nitrogens with one attached hydrogen (secondary N) is 1. The minimum absolute atomic E-state index is 0. The van der Waals surface area contributed by atoms with Crippen LogP contribution in [-0.4, -0.2) is 78.7 Å². The molecule has 0 aliphatic carbocycles. The Morgan fingerprint density at radius 1 is 1.10 bits per heavy atom. The summed E-state index contributed by atoms with van der Waals surface area (Å²) < 4.78 is 10.7. The third kappa shape index (κ3) is 5.98. The molecular formula is C21H33IN6O2. The van der Waals surface area contributed by atoms with Gasteiger partial charge in [-0.25, -0.2) is 0 Å². The molecular weight excluding hydrogens is 495 g/mol. The van der Waals surface area contributed by atoms with Gasteiger partial charge in [-0.2, -0.15) is 0 Å². The number of hydrogen-bond donors (Lipinski definition) is 1. The smallest absolute Gasteiger partial charge is 0.193 e. The van der Waals surface area contributed by atoms with Gasteiger partial charge in [0.25, 0.3) is 0 Å². The van der Waals surface area contributed by atoms with E-state index in [9.17, 15) is 0 Å². The lowest BCUT2D eigenvalue weighted by molar-refractivity contribution is 0.143. The summed E-state index contributed by atoms with van der Waals surface area (Å²) in [6.45, 7) is 7.78.